The quantitative estimate of drug-likeness (QED) is 0.428. The van der Waals surface area contributed by atoms with E-state index in [-0.39, 0.29) is 18.4 Å². The molecule has 0 fully saturated rings. The minimum absolute atomic E-state index is 0.107. The van der Waals surface area contributed by atoms with Crippen LogP contribution < -0.4 is 5.43 Å². The van der Waals surface area contributed by atoms with E-state index < -0.39 is 0 Å². The first-order chi connectivity index (χ1) is 12.7. The van der Waals surface area contributed by atoms with E-state index >= 15 is 0 Å². The third-order valence-corrected chi connectivity index (χ3v) is 4.71. The van der Waals surface area contributed by atoms with Crippen molar-refractivity contribution < 1.29 is 9.59 Å². The Labute approximate surface area is 153 Å². The van der Waals surface area contributed by atoms with Gasteiger partial charge in [0, 0.05) is 17.2 Å². The van der Waals surface area contributed by atoms with Gasteiger partial charge in [-0.05, 0) is 12.1 Å². The second-order valence-electron chi connectivity index (χ2n) is 5.59. The van der Waals surface area contributed by atoms with E-state index in [1.54, 1.807) is 24.3 Å². The van der Waals surface area contributed by atoms with Crippen molar-refractivity contribution in [1.29, 1.82) is 0 Å². The third kappa shape index (κ3) is 3.00. The van der Waals surface area contributed by atoms with Gasteiger partial charge in [-0.1, -0.05) is 42.5 Å². The van der Waals surface area contributed by atoms with Crippen molar-refractivity contribution in [2.24, 2.45) is 5.10 Å². The number of rotatable bonds is 5. The van der Waals surface area contributed by atoms with Crippen molar-refractivity contribution in [1.82, 2.24) is 9.88 Å². The molecule has 1 aliphatic heterocycles. The Morgan fingerprint density at radius 2 is 1.65 bits per heavy atom. The summed E-state index contributed by atoms with van der Waals surface area (Å²) in [7, 11) is 0. The minimum Gasteiger partial charge on any atom is -0.269 e. The molecule has 2 aromatic carbocycles. The molecule has 2 amide bonds. The molecule has 3 aromatic rings. The summed E-state index contributed by atoms with van der Waals surface area (Å²) in [5, 5.41) is 6.65. The number of thiazole rings is 1. The van der Waals surface area contributed by atoms with Gasteiger partial charge in [0.1, 0.15) is 0 Å². The summed E-state index contributed by atoms with van der Waals surface area (Å²) in [5.74, 6) is -0.588. The number of nitrogens with zero attached hydrogens (tertiary/aromatic N) is 3. The fourth-order valence-corrected chi connectivity index (χ4v) is 3.36. The number of hydrazone groups is 1. The van der Waals surface area contributed by atoms with Crippen molar-refractivity contribution in [2.45, 2.75) is 0 Å². The molecule has 0 aliphatic carbocycles. The number of amides is 2. The van der Waals surface area contributed by atoms with E-state index in [0.29, 0.717) is 16.3 Å². The molecular formula is C19H14N4O2S. The normalized spacial score (nSPS) is 13.5. The van der Waals surface area contributed by atoms with E-state index in [1.807, 2.05) is 35.7 Å². The molecule has 0 saturated heterocycles. The van der Waals surface area contributed by atoms with Gasteiger partial charge in [-0.3, -0.25) is 19.9 Å². The SMILES string of the molecule is O=C1c2ccccc2C(=O)N1C/C=N/Nc1nc(-c2ccccc2)cs1. The molecule has 26 heavy (non-hydrogen) atoms. The van der Waals surface area contributed by atoms with E-state index in [4.69, 9.17) is 0 Å². The van der Waals surface area contributed by atoms with Crippen LogP contribution in [0, 0.1) is 0 Å². The smallest absolute Gasteiger partial charge is 0.261 e. The molecule has 1 aromatic heterocycles. The Kier molecular flexibility index (Phi) is 4.28. The molecule has 0 saturated carbocycles. The van der Waals surface area contributed by atoms with Gasteiger partial charge in [0.05, 0.1) is 23.4 Å². The summed E-state index contributed by atoms with van der Waals surface area (Å²) >= 11 is 1.43. The number of fused-ring (bicyclic) bond motifs is 1. The minimum atomic E-state index is -0.294. The lowest BCUT2D eigenvalue weighted by molar-refractivity contribution is 0.0679. The van der Waals surface area contributed by atoms with Gasteiger partial charge in [-0.2, -0.15) is 5.10 Å². The van der Waals surface area contributed by atoms with Crippen LogP contribution >= 0.6 is 11.3 Å². The average Bonchev–Trinajstić information content (AvgIpc) is 3.25. The highest BCUT2D eigenvalue weighted by molar-refractivity contribution is 7.14. The zero-order valence-electron chi connectivity index (χ0n) is 13.6. The van der Waals surface area contributed by atoms with Crippen LogP contribution in [0.4, 0.5) is 5.13 Å². The van der Waals surface area contributed by atoms with Crippen LogP contribution in [-0.4, -0.2) is 34.5 Å². The number of benzene rings is 2. The number of carbonyl (C=O) groups excluding carboxylic acids is 2. The van der Waals surface area contributed by atoms with Crippen LogP contribution in [0.3, 0.4) is 0 Å². The maximum atomic E-state index is 12.2. The molecule has 2 heterocycles. The lowest BCUT2D eigenvalue weighted by Gasteiger charge is -2.09. The van der Waals surface area contributed by atoms with Crippen molar-refractivity contribution in [3.8, 4) is 11.3 Å². The summed E-state index contributed by atoms with van der Waals surface area (Å²) in [6.45, 7) is 0.107. The van der Waals surface area contributed by atoms with E-state index in [9.17, 15) is 9.59 Å². The van der Waals surface area contributed by atoms with E-state index in [1.165, 1.54) is 22.5 Å². The number of aromatic nitrogens is 1. The van der Waals surface area contributed by atoms with E-state index in [0.717, 1.165) is 11.3 Å². The summed E-state index contributed by atoms with van der Waals surface area (Å²) in [5.41, 5.74) is 5.61. The van der Waals surface area contributed by atoms with Crippen molar-refractivity contribution >= 4 is 34.5 Å². The second kappa shape index (κ2) is 6.89. The Morgan fingerprint density at radius 1 is 1.00 bits per heavy atom. The summed E-state index contributed by atoms with van der Waals surface area (Å²) in [6.07, 6.45) is 1.49. The zero-order chi connectivity index (χ0) is 17.9. The number of hydrogen-bond donors (Lipinski definition) is 1. The highest BCUT2D eigenvalue weighted by Crippen LogP contribution is 2.24. The maximum absolute atomic E-state index is 12.2. The molecule has 128 valence electrons. The predicted octanol–water partition coefficient (Wildman–Crippen LogP) is 3.50. The van der Waals surface area contributed by atoms with E-state index in [2.05, 4.69) is 15.5 Å². The molecule has 1 aliphatic rings. The van der Waals surface area contributed by atoms with Crippen molar-refractivity contribution in [3.05, 3.63) is 71.1 Å². The van der Waals surface area contributed by atoms with Crippen LogP contribution in [0.15, 0.2) is 65.1 Å². The van der Waals surface area contributed by atoms with Crippen LogP contribution in [0.25, 0.3) is 11.3 Å². The van der Waals surface area contributed by atoms with Crippen LogP contribution in [0.5, 0.6) is 0 Å². The first-order valence-corrected chi connectivity index (χ1v) is 8.86. The van der Waals surface area contributed by atoms with Gasteiger partial charge in [-0.25, -0.2) is 4.98 Å². The molecule has 1 N–H and O–H groups in total. The first-order valence-electron chi connectivity index (χ1n) is 7.98. The number of anilines is 1. The summed E-state index contributed by atoms with van der Waals surface area (Å²) < 4.78 is 0. The Bertz CT molecular complexity index is 963. The number of hydrogen-bond acceptors (Lipinski definition) is 6. The summed E-state index contributed by atoms with van der Waals surface area (Å²) in [6, 6.07) is 16.7. The largest absolute Gasteiger partial charge is 0.269 e. The van der Waals surface area contributed by atoms with Crippen LogP contribution in [-0.2, 0) is 0 Å². The predicted molar refractivity (Wildman–Crippen MR) is 101 cm³/mol. The van der Waals surface area contributed by atoms with Gasteiger partial charge in [0.15, 0.2) is 0 Å². The van der Waals surface area contributed by atoms with Gasteiger partial charge < -0.3 is 0 Å². The molecule has 7 heteroatoms. The monoisotopic (exact) mass is 362 g/mol. The zero-order valence-corrected chi connectivity index (χ0v) is 14.4. The lowest BCUT2D eigenvalue weighted by Crippen LogP contribution is -2.31. The average molecular weight is 362 g/mol. The fourth-order valence-electron chi connectivity index (χ4n) is 2.69. The van der Waals surface area contributed by atoms with Crippen LogP contribution in [0.2, 0.25) is 0 Å². The van der Waals surface area contributed by atoms with Crippen molar-refractivity contribution in [2.75, 3.05) is 12.0 Å². The molecule has 0 radical (unpaired) electrons. The number of carbonyl (C=O) groups is 2. The molecule has 6 nitrogen and oxygen atoms in total. The highest BCUT2D eigenvalue weighted by Gasteiger charge is 2.34. The Hall–Kier alpha value is -3.32. The highest BCUT2D eigenvalue weighted by atomic mass is 32.1. The molecule has 0 atom stereocenters. The molecule has 4 rings (SSSR count). The number of nitrogens with one attached hydrogen (secondary N) is 1. The summed E-state index contributed by atoms with van der Waals surface area (Å²) in [4.78, 5) is 30.1. The Morgan fingerprint density at radius 3 is 2.35 bits per heavy atom. The molecular weight excluding hydrogens is 348 g/mol. The van der Waals surface area contributed by atoms with Crippen LogP contribution in [0.1, 0.15) is 20.7 Å². The number of imide groups is 1. The lowest BCUT2D eigenvalue weighted by atomic mass is 10.1. The van der Waals surface area contributed by atoms with Gasteiger partial charge >= 0.3 is 0 Å². The maximum Gasteiger partial charge on any atom is 0.261 e. The van der Waals surface area contributed by atoms with Gasteiger partial charge in [-0.15, -0.1) is 11.3 Å². The standard InChI is InChI=1S/C19H14N4O2S/c24-17-14-8-4-5-9-15(14)18(25)23(17)11-10-20-22-19-21-16(12-26-19)13-6-2-1-3-7-13/h1-10,12H,11H2,(H,21,22)/b20-10+. The Balaban J connectivity index is 1.38. The molecule has 0 bridgehead atoms. The first kappa shape index (κ1) is 16.2. The molecule has 0 spiro atoms. The topological polar surface area (TPSA) is 74.7 Å². The van der Waals surface area contributed by atoms with Gasteiger partial charge in [0.2, 0.25) is 5.13 Å². The van der Waals surface area contributed by atoms with Crippen molar-refractivity contribution in [3.63, 3.8) is 0 Å². The molecule has 0 unspecified atom stereocenters. The third-order valence-electron chi connectivity index (χ3n) is 3.97. The van der Waals surface area contributed by atoms with Gasteiger partial charge in [0.25, 0.3) is 11.8 Å². The second-order valence-corrected chi connectivity index (χ2v) is 6.45. The fraction of sp³-hybridized carbons (Fsp3) is 0.0526.